The van der Waals surface area contributed by atoms with Crippen molar-refractivity contribution in [1.82, 2.24) is 10.3 Å². The van der Waals surface area contributed by atoms with Crippen LogP contribution in [0.25, 0.3) is 10.9 Å². The molecule has 1 aliphatic rings. The Morgan fingerprint density at radius 3 is 2.60 bits per heavy atom. The summed E-state index contributed by atoms with van der Waals surface area (Å²) in [4.78, 5) is 41.9. The fraction of sp³-hybridized carbons (Fsp3) is 0.478. The molecule has 160 valence electrons. The number of pyridine rings is 1. The SMILES string of the molecule is COC(=O)[C@H](CC(C)C)NC(=O)COC(=O)c1c2c(nc3ccccc13)CCCC2. The first-order valence-electron chi connectivity index (χ1n) is 10.4. The van der Waals surface area contributed by atoms with Gasteiger partial charge in [0.2, 0.25) is 0 Å². The van der Waals surface area contributed by atoms with Crippen LogP contribution in [0.4, 0.5) is 0 Å². The minimum absolute atomic E-state index is 0.187. The highest BCUT2D eigenvalue weighted by Crippen LogP contribution is 2.29. The van der Waals surface area contributed by atoms with Crippen molar-refractivity contribution >= 4 is 28.7 Å². The molecule has 30 heavy (non-hydrogen) atoms. The smallest absolute Gasteiger partial charge is 0.339 e. The largest absolute Gasteiger partial charge is 0.467 e. The standard InChI is InChI=1S/C23H28N2O5/c1-14(2)12-19(22(27)29-3)25-20(26)13-30-23(28)21-15-8-4-6-10-17(15)24-18-11-7-5-9-16(18)21/h4,6,8,10,14,19H,5,7,9,11-13H2,1-3H3,(H,25,26)/t19-/m0/s1. The zero-order chi connectivity index (χ0) is 21.7. The summed E-state index contributed by atoms with van der Waals surface area (Å²) in [5.41, 5.74) is 3.09. The number of amides is 1. The molecule has 0 saturated carbocycles. The van der Waals surface area contributed by atoms with Crippen molar-refractivity contribution in [2.24, 2.45) is 5.92 Å². The van der Waals surface area contributed by atoms with E-state index in [0.29, 0.717) is 12.0 Å². The number of methoxy groups -OCH3 is 1. The molecule has 0 fully saturated rings. The molecule has 0 aliphatic heterocycles. The van der Waals surface area contributed by atoms with Gasteiger partial charge in [-0.3, -0.25) is 9.78 Å². The van der Waals surface area contributed by atoms with Crippen LogP contribution in [0, 0.1) is 5.92 Å². The molecule has 0 unspecified atom stereocenters. The molecule has 7 nitrogen and oxygen atoms in total. The Hall–Kier alpha value is -2.96. The molecule has 0 bridgehead atoms. The van der Waals surface area contributed by atoms with Crippen LogP contribution in [0.5, 0.6) is 0 Å². The molecular formula is C23H28N2O5. The van der Waals surface area contributed by atoms with Gasteiger partial charge in [0, 0.05) is 11.1 Å². The van der Waals surface area contributed by atoms with Crippen molar-refractivity contribution in [2.45, 2.75) is 52.0 Å². The zero-order valence-corrected chi connectivity index (χ0v) is 17.7. The van der Waals surface area contributed by atoms with E-state index in [1.807, 2.05) is 38.1 Å². The van der Waals surface area contributed by atoms with Crippen molar-refractivity contribution in [3.05, 3.63) is 41.1 Å². The molecule has 1 aliphatic carbocycles. The number of benzene rings is 1. The Morgan fingerprint density at radius 1 is 1.13 bits per heavy atom. The van der Waals surface area contributed by atoms with Crippen molar-refractivity contribution in [1.29, 1.82) is 0 Å². The molecule has 1 aromatic heterocycles. The Kier molecular flexibility index (Phi) is 7.03. The summed E-state index contributed by atoms with van der Waals surface area (Å²) in [6.07, 6.45) is 4.07. The van der Waals surface area contributed by atoms with Crippen LogP contribution in [0.15, 0.2) is 24.3 Å². The summed E-state index contributed by atoms with van der Waals surface area (Å²) in [5.74, 6) is -1.41. The van der Waals surface area contributed by atoms with E-state index in [-0.39, 0.29) is 5.92 Å². The van der Waals surface area contributed by atoms with Gasteiger partial charge in [0.15, 0.2) is 6.61 Å². The van der Waals surface area contributed by atoms with Crippen LogP contribution in [0.1, 0.15) is 54.7 Å². The van der Waals surface area contributed by atoms with Gasteiger partial charge in [-0.25, -0.2) is 9.59 Å². The van der Waals surface area contributed by atoms with E-state index in [0.717, 1.165) is 47.8 Å². The molecule has 7 heteroatoms. The van der Waals surface area contributed by atoms with Crippen LogP contribution < -0.4 is 5.32 Å². The van der Waals surface area contributed by atoms with Crippen LogP contribution in [-0.2, 0) is 31.9 Å². The minimum Gasteiger partial charge on any atom is -0.467 e. The van der Waals surface area contributed by atoms with Crippen molar-refractivity contribution < 1.29 is 23.9 Å². The Balaban J connectivity index is 1.75. The molecule has 1 aromatic carbocycles. The molecule has 0 spiro atoms. The van der Waals surface area contributed by atoms with E-state index < -0.39 is 30.5 Å². The topological polar surface area (TPSA) is 94.6 Å². The van der Waals surface area contributed by atoms with Gasteiger partial charge in [-0.1, -0.05) is 32.0 Å². The molecule has 1 amide bonds. The fourth-order valence-corrected chi connectivity index (χ4v) is 3.87. The van der Waals surface area contributed by atoms with Gasteiger partial charge in [0.05, 0.1) is 18.2 Å². The lowest BCUT2D eigenvalue weighted by atomic mass is 9.90. The lowest BCUT2D eigenvalue weighted by Gasteiger charge is -2.20. The molecule has 1 atom stereocenters. The highest BCUT2D eigenvalue weighted by atomic mass is 16.5. The van der Waals surface area contributed by atoms with Gasteiger partial charge in [-0.2, -0.15) is 0 Å². The average Bonchev–Trinajstić information content (AvgIpc) is 2.74. The maximum Gasteiger partial charge on any atom is 0.339 e. The Morgan fingerprint density at radius 2 is 1.87 bits per heavy atom. The zero-order valence-electron chi connectivity index (χ0n) is 17.7. The number of esters is 2. The summed E-state index contributed by atoms with van der Waals surface area (Å²) in [6.45, 7) is 3.43. The maximum absolute atomic E-state index is 13.0. The highest BCUT2D eigenvalue weighted by Gasteiger charge is 2.26. The number of carbonyl (C=O) groups is 3. The third-order valence-electron chi connectivity index (χ3n) is 5.24. The van der Waals surface area contributed by atoms with Crippen LogP contribution in [0.3, 0.4) is 0 Å². The number of aryl methyl sites for hydroxylation is 1. The summed E-state index contributed by atoms with van der Waals surface area (Å²) in [7, 11) is 1.28. The lowest BCUT2D eigenvalue weighted by Crippen LogP contribution is -2.44. The molecule has 2 aromatic rings. The van der Waals surface area contributed by atoms with Gasteiger partial charge in [-0.05, 0) is 49.7 Å². The number of rotatable bonds is 7. The normalized spacial score (nSPS) is 14.1. The van der Waals surface area contributed by atoms with Gasteiger partial charge >= 0.3 is 11.9 Å². The Bertz CT molecular complexity index is 954. The van der Waals surface area contributed by atoms with E-state index >= 15 is 0 Å². The fourth-order valence-electron chi connectivity index (χ4n) is 3.87. The van der Waals surface area contributed by atoms with Gasteiger partial charge < -0.3 is 14.8 Å². The second-order valence-electron chi connectivity index (χ2n) is 7.99. The summed E-state index contributed by atoms with van der Waals surface area (Å²) >= 11 is 0. The third kappa shape index (κ3) is 4.96. The summed E-state index contributed by atoms with van der Waals surface area (Å²) < 4.78 is 10.1. The molecule has 1 N–H and O–H groups in total. The molecule has 0 saturated heterocycles. The second kappa shape index (κ2) is 9.69. The number of nitrogens with one attached hydrogen (secondary N) is 1. The predicted octanol–water partition coefficient (Wildman–Crippen LogP) is 2.97. The maximum atomic E-state index is 13.0. The van der Waals surface area contributed by atoms with E-state index in [9.17, 15) is 14.4 Å². The second-order valence-corrected chi connectivity index (χ2v) is 7.99. The van der Waals surface area contributed by atoms with Crippen molar-refractivity contribution in [3.8, 4) is 0 Å². The van der Waals surface area contributed by atoms with Gasteiger partial charge in [-0.15, -0.1) is 0 Å². The Labute approximate surface area is 176 Å². The molecule has 3 rings (SSSR count). The molecule has 1 heterocycles. The molecule has 0 radical (unpaired) electrons. The first-order valence-corrected chi connectivity index (χ1v) is 10.4. The van der Waals surface area contributed by atoms with Gasteiger partial charge in [0.1, 0.15) is 6.04 Å². The number of fused-ring (bicyclic) bond motifs is 2. The van der Waals surface area contributed by atoms with Crippen LogP contribution in [0.2, 0.25) is 0 Å². The predicted molar refractivity (Wildman–Crippen MR) is 112 cm³/mol. The van der Waals surface area contributed by atoms with Crippen LogP contribution in [-0.4, -0.2) is 42.6 Å². The molecular weight excluding hydrogens is 384 g/mol. The number of nitrogens with zero attached hydrogens (tertiary/aromatic N) is 1. The highest BCUT2D eigenvalue weighted by molar-refractivity contribution is 6.05. The van der Waals surface area contributed by atoms with E-state index in [1.165, 1.54) is 7.11 Å². The lowest BCUT2D eigenvalue weighted by molar-refractivity contribution is -0.145. The van der Waals surface area contributed by atoms with E-state index in [2.05, 4.69) is 5.32 Å². The quantitative estimate of drug-likeness (QED) is 0.703. The van der Waals surface area contributed by atoms with Crippen molar-refractivity contribution in [3.63, 3.8) is 0 Å². The number of hydrogen-bond acceptors (Lipinski definition) is 6. The summed E-state index contributed by atoms with van der Waals surface area (Å²) in [5, 5.41) is 3.33. The number of ether oxygens (including phenoxy) is 2. The number of aromatic nitrogens is 1. The van der Waals surface area contributed by atoms with Gasteiger partial charge in [0.25, 0.3) is 5.91 Å². The van der Waals surface area contributed by atoms with E-state index in [1.54, 1.807) is 0 Å². The van der Waals surface area contributed by atoms with Crippen LogP contribution >= 0.6 is 0 Å². The number of para-hydroxylation sites is 1. The monoisotopic (exact) mass is 412 g/mol. The first kappa shape index (κ1) is 21.7. The average molecular weight is 412 g/mol. The number of carbonyl (C=O) groups excluding carboxylic acids is 3. The van der Waals surface area contributed by atoms with Crippen molar-refractivity contribution in [2.75, 3.05) is 13.7 Å². The third-order valence-corrected chi connectivity index (χ3v) is 5.24. The summed E-state index contributed by atoms with van der Waals surface area (Å²) in [6, 6.07) is 6.70. The minimum atomic E-state index is -0.768. The first-order chi connectivity index (χ1) is 14.4. The van der Waals surface area contributed by atoms with E-state index in [4.69, 9.17) is 14.5 Å². The number of hydrogen-bond donors (Lipinski definition) is 1.